The van der Waals surface area contributed by atoms with Crippen molar-refractivity contribution in [2.24, 2.45) is 10.7 Å². The number of amides is 1. The second-order valence-corrected chi connectivity index (χ2v) is 3.70. The molecule has 0 aromatic carbocycles. The van der Waals surface area contributed by atoms with Crippen LogP contribution in [0.2, 0.25) is 0 Å². The third-order valence-electron chi connectivity index (χ3n) is 2.28. The molecule has 1 rings (SSSR count). The van der Waals surface area contributed by atoms with Crippen LogP contribution in [0.1, 0.15) is 6.92 Å². The molecule has 1 amide bonds. The molecule has 1 aliphatic heterocycles. The number of nitrogens with two attached hydrogens (primary N) is 1. The lowest BCUT2D eigenvalue weighted by Gasteiger charge is -2.31. The number of amidine groups is 2. The normalized spacial score (nSPS) is 19.1. The van der Waals surface area contributed by atoms with Crippen LogP contribution in [-0.2, 0) is 4.79 Å². The zero-order chi connectivity index (χ0) is 11.4. The summed E-state index contributed by atoms with van der Waals surface area (Å²) in [6, 6.07) is 0. The maximum Gasteiger partial charge on any atom is 0.291 e. The molecule has 0 aromatic rings. The first-order valence-electron chi connectivity index (χ1n) is 4.88. The largest absolute Gasteiger partial charge is 0.387 e. The van der Waals surface area contributed by atoms with Gasteiger partial charge < -0.3 is 15.5 Å². The molecule has 0 aromatic heterocycles. The van der Waals surface area contributed by atoms with E-state index in [-0.39, 0.29) is 17.6 Å². The molecule has 0 bridgehead atoms. The molecule has 6 nitrogen and oxygen atoms in total. The summed E-state index contributed by atoms with van der Waals surface area (Å²) in [6.45, 7) is 4.54. The fourth-order valence-electron chi connectivity index (χ4n) is 1.38. The number of rotatable bonds is 0. The van der Waals surface area contributed by atoms with Crippen LogP contribution in [0, 0.1) is 5.41 Å². The van der Waals surface area contributed by atoms with E-state index in [0.29, 0.717) is 13.1 Å². The minimum atomic E-state index is -0.340. The van der Waals surface area contributed by atoms with Crippen LogP contribution in [0.3, 0.4) is 0 Å². The molecule has 0 atom stereocenters. The van der Waals surface area contributed by atoms with Gasteiger partial charge >= 0.3 is 0 Å². The van der Waals surface area contributed by atoms with Crippen LogP contribution in [0.25, 0.3) is 0 Å². The van der Waals surface area contributed by atoms with Crippen molar-refractivity contribution in [3.8, 4) is 0 Å². The van der Waals surface area contributed by atoms with Gasteiger partial charge in [0.05, 0.1) is 5.84 Å². The number of piperazine rings is 1. The van der Waals surface area contributed by atoms with Crippen molar-refractivity contribution < 1.29 is 4.79 Å². The number of hydrogen-bond acceptors (Lipinski definition) is 3. The van der Waals surface area contributed by atoms with Crippen molar-refractivity contribution in [2.75, 3.05) is 33.2 Å². The Morgan fingerprint density at radius 2 is 1.87 bits per heavy atom. The van der Waals surface area contributed by atoms with E-state index in [0.717, 1.165) is 13.1 Å². The van der Waals surface area contributed by atoms with Crippen LogP contribution in [0.5, 0.6) is 0 Å². The Bertz CT molecular complexity index is 287. The first-order valence-corrected chi connectivity index (χ1v) is 4.88. The van der Waals surface area contributed by atoms with E-state index in [4.69, 9.17) is 11.1 Å². The molecule has 0 unspecified atom stereocenters. The Morgan fingerprint density at radius 1 is 1.33 bits per heavy atom. The summed E-state index contributed by atoms with van der Waals surface area (Å²) in [5, 5.41) is 7.44. The third-order valence-corrected chi connectivity index (χ3v) is 2.28. The van der Waals surface area contributed by atoms with E-state index in [1.54, 1.807) is 11.8 Å². The quantitative estimate of drug-likeness (QED) is 0.403. The summed E-state index contributed by atoms with van der Waals surface area (Å²) in [6.07, 6.45) is 0. The van der Waals surface area contributed by atoms with E-state index in [1.165, 1.54) is 0 Å². The molecular formula is C9H17N5O. The van der Waals surface area contributed by atoms with Gasteiger partial charge in [-0.05, 0) is 14.0 Å². The second kappa shape index (κ2) is 4.88. The molecule has 1 saturated heterocycles. The summed E-state index contributed by atoms with van der Waals surface area (Å²) in [4.78, 5) is 19.1. The fourth-order valence-corrected chi connectivity index (χ4v) is 1.38. The minimum Gasteiger partial charge on any atom is -0.387 e. The number of hydrogen-bond donors (Lipinski definition) is 2. The van der Waals surface area contributed by atoms with E-state index < -0.39 is 0 Å². The molecule has 0 spiro atoms. The Morgan fingerprint density at radius 3 is 2.33 bits per heavy atom. The Labute approximate surface area is 89.3 Å². The smallest absolute Gasteiger partial charge is 0.291 e. The molecule has 3 N–H and O–H groups in total. The highest BCUT2D eigenvalue weighted by Crippen LogP contribution is 2.00. The van der Waals surface area contributed by atoms with Gasteiger partial charge in [0, 0.05) is 26.2 Å². The van der Waals surface area contributed by atoms with E-state index in [9.17, 15) is 4.79 Å². The molecule has 15 heavy (non-hydrogen) atoms. The molecule has 6 heteroatoms. The van der Waals surface area contributed by atoms with E-state index in [2.05, 4.69) is 9.89 Å². The predicted octanol–water partition coefficient (Wildman–Crippen LogP) is -0.885. The standard InChI is InChI=1S/C9H17N5O/c1-7(10)12-8(11)9(15)14-5-3-13(2)4-6-14/h3-6H2,1-2H3,(H3,10,11,12). The highest BCUT2D eigenvalue weighted by Gasteiger charge is 2.21. The summed E-state index contributed by atoms with van der Waals surface area (Å²) < 4.78 is 0. The van der Waals surface area contributed by atoms with E-state index in [1.807, 2.05) is 7.05 Å². The Hall–Kier alpha value is -1.43. The number of carbonyl (C=O) groups excluding carboxylic acids is 1. The molecule has 84 valence electrons. The zero-order valence-corrected chi connectivity index (χ0v) is 9.16. The van der Waals surface area contributed by atoms with Crippen molar-refractivity contribution in [1.82, 2.24) is 9.80 Å². The summed E-state index contributed by atoms with van der Waals surface area (Å²) >= 11 is 0. The first-order chi connectivity index (χ1) is 7.00. The van der Waals surface area contributed by atoms with Gasteiger partial charge in [-0.15, -0.1) is 0 Å². The lowest BCUT2D eigenvalue weighted by Crippen LogP contribution is -2.49. The van der Waals surface area contributed by atoms with Crippen LogP contribution >= 0.6 is 0 Å². The zero-order valence-electron chi connectivity index (χ0n) is 9.16. The van der Waals surface area contributed by atoms with Gasteiger partial charge in [-0.3, -0.25) is 10.2 Å². The van der Waals surface area contributed by atoms with Gasteiger partial charge in [0.25, 0.3) is 5.91 Å². The summed E-state index contributed by atoms with van der Waals surface area (Å²) in [7, 11) is 2.01. The van der Waals surface area contributed by atoms with Gasteiger partial charge in [0.15, 0.2) is 0 Å². The topological polar surface area (TPSA) is 85.8 Å². The third kappa shape index (κ3) is 3.32. The average molecular weight is 211 g/mol. The summed E-state index contributed by atoms with van der Waals surface area (Å²) in [5.74, 6) is -0.380. The lowest BCUT2D eigenvalue weighted by molar-refractivity contribution is -0.125. The van der Waals surface area contributed by atoms with Crippen LogP contribution in [0.15, 0.2) is 4.99 Å². The number of nitrogens with zero attached hydrogens (tertiary/aromatic N) is 3. The van der Waals surface area contributed by atoms with Crippen LogP contribution < -0.4 is 5.73 Å². The van der Waals surface area contributed by atoms with Crippen LogP contribution in [0.4, 0.5) is 0 Å². The molecule has 1 heterocycles. The molecular weight excluding hydrogens is 194 g/mol. The molecule has 0 saturated carbocycles. The second-order valence-electron chi connectivity index (χ2n) is 3.70. The van der Waals surface area contributed by atoms with Gasteiger partial charge in [-0.2, -0.15) is 0 Å². The average Bonchev–Trinajstić information content (AvgIpc) is 2.17. The Kier molecular flexibility index (Phi) is 3.79. The van der Waals surface area contributed by atoms with Crippen molar-refractivity contribution in [2.45, 2.75) is 6.92 Å². The van der Waals surface area contributed by atoms with E-state index >= 15 is 0 Å². The molecule has 0 aliphatic carbocycles. The minimum absolute atomic E-state index is 0.238. The first kappa shape index (κ1) is 11.6. The number of likely N-dealkylation sites (N-methyl/N-ethyl adjacent to an activating group) is 1. The highest BCUT2D eigenvalue weighted by molar-refractivity contribution is 6.38. The maximum atomic E-state index is 11.7. The number of carbonyl (C=O) groups is 1. The van der Waals surface area contributed by atoms with Gasteiger partial charge in [0.1, 0.15) is 0 Å². The van der Waals surface area contributed by atoms with Gasteiger partial charge in [0.2, 0.25) is 5.84 Å². The monoisotopic (exact) mass is 211 g/mol. The van der Waals surface area contributed by atoms with Crippen molar-refractivity contribution in [1.29, 1.82) is 5.41 Å². The van der Waals surface area contributed by atoms with Crippen LogP contribution in [-0.4, -0.2) is 60.6 Å². The molecule has 1 fully saturated rings. The maximum absolute atomic E-state index is 11.7. The van der Waals surface area contributed by atoms with Crippen molar-refractivity contribution in [3.63, 3.8) is 0 Å². The number of aliphatic imine (C=N–C) groups is 1. The SMILES string of the molecule is CC(N)=NC(=N)C(=O)N1CCN(C)CC1. The highest BCUT2D eigenvalue weighted by atomic mass is 16.2. The van der Waals surface area contributed by atoms with Gasteiger partial charge in [-0.25, -0.2) is 4.99 Å². The molecule has 0 radical (unpaired) electrons. The van der Waals surface area contributed by atoms with Crippen molar-refractivity contribution >= 4 is 17.6 Å². The van der Waals surface area contributed by atoms with Crippen molar-refractivity contribution in [3.05, 3.63) is 0 Å². The fraction of sp³-hybridized carbons (Fsp3) is 0.667. The lowest BCUT2D eigenvalue weighted by atomic mass is 10.3. The Balaban J connectivity index is 2.54. The predicted molar refractivity (Wildman–Crippen MR) is 59.1 cm³/mol. The number of nitrogens with one attached hydrogen (secondary N) is 1. The van der Waals surface area contributed by atoms with Gasteiger partial charge in [-0.1, -0.05) is 0 Å². The summed E-state index contributed by atoms with van der Waals surface area (Å²) in [5.41, 5.74) is 5.31. The molecule has 1 aliphatic rings.